The second-order valence-electron chi connectivity index (χ2n) is 6.74. The maximum Gasteiger partial charge on any atom is 0.490 e. The number of aromatic amines is 1. The summed E-state index contributed by atoms with van der Waals surface area (Å²) in [6, 6.07) is 0.598. The number of phosphoric ester groups is 1. The molecule has 29 heavy (non-hydrogen) atoms. The Labute approximate surface area is 161 Å². The Balaban J connectivity index is 1.68. The van der Waals surface area contributed by atoms with E-state index in [0.29, 0.717) is 0 Å². The zero-order valence-corrected chi connectivity index (χ0v) is 17.0. The Morgan fingerprint density at radius 2 is 1.79 bits per heavy atom. The Bertz CT molecular complexity index is 1060. The van der Waals surface area contributed by atoms with Gasteiger partial charge in [-0.1, -0.05) is 0 Å². The van der Waals surface area contributed by atoms with Crippen LogP contribution in [0.5, 0.6) is 0 Å². The zero-order chi connectivity index (χ0) is 21.8. The van der Waals surface area contributed by atoms with Gasteiger partial charge in [0.05, 0.1) is 12.7 Å². The number of aromatic nitrogens is 2. The van der Waals surface area contributed by atoms with Crippen LogP contribution < -0.4 is 11.2 Å². The van der Waals surface area contributed by atoms with Gasteiger partial charge in [-0.05, 0) is 18.8 Å². The standard InChI is InChI=1S/C11H17N2O13P3/c14-8-3-7(13-2-1-9(15)12-10(13)16)6-4-11(6,8)5-24-28(20,21)26-29(22,23)25-27(17,18)19/h1-2,6-8,14H,3-5H2,(H,20,21)(H,22,23)(H,12,15,16)(H2,17,18,19)/t6-,7+,8+,11-/m1/s1. The molecule has 0 aromatic carbocycles. The summed E-state index contributed by atoms with van der Waals surface area (Å²) in [7, 11) is -16.4. The molecule has 1 aromatic heterocycles. The molecule has 2 unspecified atom stereocenters. The van der Waals surface area contributed by atoms with Crippen LogP contribution in [0.25, 0.3) is 0 Å². The van der Waals surface area contributed by atoms with E-state index in [0.717, 1.165) is 6.07 Å². The lowest BCUT2D eigenvalue weighted by Gasteiger charge is -2.21. The third kappa shape index (κ3) is 5.04. The minimum Gasteiger partial charge on any atom is -0.392 e. The molecular formula is C11H17N2O13P3. The van der Waals surface area contributed by atoms with Crippen molar-refractivity contribution in [2.24, 2.45) is 11.3 Å². The number of hydrogen-bond acceptors (Lipinski definition) is 9. The molecular weight excluding hydrogens is 461 g/mol. The van der Waals surface area contributed by atoms with Crippen LogP contribution in [0.15, 0.2) is 21.9 Å². The van der Waals surface area contributed by atoms with E-state index in [1.165, 1.54) is 10.8 Å². The van der Waals surface area contributed by atoms with Crippen LogP contribution in [-0.2, 0) is 26.8 Å². The van der Waals surface area contributed by atoms with E-state index in [4.69, 9.17) is 14.7 Å². The van der Waals surface area contributed by atoms with Gasteiger partial charge in [0.2, 0.25) is 0 Å². The first-order valence-electron chi connectivity index (χ1n) is 7.92. The van der Waals surface area contributed by atoms with Crippen molar-refractivity contribution in [3.8, 4) is 0 Å². The average molecular weight is 478 g/mol. The molecule has 6 atom stereocenters. The molecule has 0 bridgehead atoms. The van der Waals surface area contributed by atoms with Crippen molar-refractivity contribution in [3.63, 3.8) is 0 Å². The minimum atomic E-state index is -5.63. The Hall–Kier alpha value is -0.950. The number of nitrogens with one attached hydrogen (secondary N) is 1. The first kappa shape index (κ1) is 22.7. The van der Waals surface area contributed by atoms with E-state index in [-0.39, 0.29) is 18.8 Å². The number of fused-ring (bicyclic) bond motifs is 1. The fourth-order valence-corrected chi connectivity index (χ4v) is 6.74. The van der Waals surface area contributed by atoms with Gasteiger partial charge in [0.1, 0.15) is 0 Å². The monoisotopic (exact) mass is 478 g/mol. The molecule has 0 radical (unpaired) electrons. The summed E-state index contributed by atoms with van der Waals surface area (Å²) in [5.41, 5.74) is -2.34. The van der Waals surface area contributed by atoms with Gasteiger partial charge in [0, 0.05) is 23.7 Å². The number of aliphatic hydroxyl groups is 1. The minimum absolute atomic E-state index is 0.0797. The van der Waals surface area contributed by atoms with Gasteiger partial charge in [-0.15, -0.1) is 0 Å². The Morgan fingerprint density at radius 1 is 1.14 bits per heavy atom. The molecule has 6 N–H and O–H groups in total. The number of phosphoric acid groups is 3. The van der Waals surface area contributed by atoms with Crippen LogP contribution in [0.3, 0.4) is 0 Å². The van der Waals surface area contributed by atoms with E-state index in [1.807, 2.05) is 0 Å². The predicted molar refractivity (Wildman–Crippen MR) is 91.3 cm³/mol. The first-order chi connectivity index (χ1) is 13.1. The van der Waals surface area contributed by atoms with E-state index in [9.17, 15) is 33.3 Å². The number of aliphatic hydroxyl groups excluding tert-OH is 1. The van der Waals surface area contributed by atoms with Crippen molar-refractivity contribution in [3.05, 3.63) is 33.1 Å². The highest BCUT2D eigenvalue weighted by atomic mass is 31.3. The quantitative estimate of drug-likeness (QED) is 0.251. The molecule has 2 aliphatic carbocycles. The number of H-pyrrole nitrogens is 1. The van der Waals surface area contributed by atoms with Crippen LogP contribution in [0, 0.1) is 11.3 Å². The van der Waals surface area contributed by atoms with Crippen molar-refractivity contribution >= 4 is 23.5 Å². The molecule has 1 aromatic rings. The van der Waals surface area contributed by atoms with E-state index < -0.39 is 58.9 Å². The number of nitrogens with zero attached hydrogens (tertiary/aromatic N) is 1. The summed E-state index contributed by atoms with van der Waals surface area (Å²) in [5, 5.41) is 10.3. The molecule has 0 spiro atoms. The molecule has 0 amide bonds. The summed E-state index contributed by atoms with van der Waals surface area (Å²) < 4.78 is 46.9. The molecule has 2 aliphatic rings. The smallest absolute Gasteiger partial charge is 0.392 e. The molecule has 15 nitrogen and oxygen atoms in total. The van der Waals surface area contributed by atoms with Crippen molar-refractivity contribution in [2.75, 3.05) is 6.61 Å². The van der Waals surface area contributed by atoms with Crippen molar-refractivity contribution in [2.45, 2.75) is 25.0 Å². The van der Waals surface area contributed by atoms with E-state index in [2.05, 4.69) is 18.1 Å². The normalized spacial score (nSPS) is 32.9. The highest BCUT2D eigenvalue weighted by Crippen LogP contribution is 2.70. The maximum absolute atomic E-state index is 11.9. The van der Waals surface area contributed by atoms with Crippen molar-refractivity contribution < 1.29 is 51.5 Å². The van der Waals surface area contributed by atoms with Crippen LogP contribution >= 0.6 is 23.5 Å². The largest absolute Gasteiger partial charge is 0.490 e. The summed E-state index contributed by atoms with van der Waals surface area (Å²) >= 11 is 0. The van der Waals surface area contributed by atoms with Crippen LogP contribution in [-0.4, -0.2) is 46.9 Å². The topological polar surface area (TPSA) is 235 Å². The zero-order valence-electron chi connectivity index (χ0n) is 14.3. The lowest BCUT2D eigenvalue weighted by atomic mass is 10.0. The van der Waals surface area contributed by atoms with Crippen LogP contribution in [0.1, 0.15) is 18.9 Å². The molecule has 1 heterocycles. The van der Waals surface area contributed by atoms with Crippen molar-refractivity contribution in [1.82, 2.24) is 9.55 Å². The molecule has 0 saturated heterocycles. The molecule has 3 rings (SSSR count). The SMILES string of the molecule is O=c1ccn([C@H]2C[C@H](O)[C@@]3(COP(=O)(O)OP(=O)(O)OP(=O)(O)O)C[C@H]23)c(=O)[nH]1. The molecule has 164 valence electrons. The van der Waals surface area contributed by atoms with Crippen LogP contribution in [0.2, 0.25) is 0 Å². The summed E-state index contributed by atoms with van der Waals surface area (Å²) in [6.07, 6.45) is 0.551. The molecule has 0 aliphatic heterocycles. The summed E-state index contributed by atoms with van der Waals surface area (Å²) in [6.45, 7) is -0.614. The molecule has 2 saturated carbocycles. The highest BCUT2D eigenvalue weighted by Gasteiger charge is 2.68. The van der Waals surface area contributed by atoms with Crippen molar-refractivity contribution in [1.29, 1.82) is 0 Å². The van der Waals surface area contributed by atoms with Gasteiger partial charge >= 0.3 is 29.2 Å². The van der Waals surface area contributed by atoms with E-state index in [1.54, 1.807) is 0 Å². The predicted octanol–water partition coefficient (Wildman–Crippen LogP) is -0.808. The van der Waals surface area contributed by atoms with E-state index >= 15 is 0 Å². The van der Waals surface area contributed by atoms with Gasteiger partial charge in [-0.2, -0.15) is 8.62 Å². The lowest BCUT2D eigenvalue weighted by molar-refractivity contribution is 0.0560. The third-order valence-electron chi connectivity index (χ3n) is 4.89. The van der Waals surface area contributed by atoms with Gasteiger partial charge in [0.25, 0.3) is 5.56 Å². The second-order valence-corrected chi connectivity index (χ2v) is 11.2. The lowest BCUT2D eigenvalue weighted by Crippen LogP contribution is -2.32. The van der Waals surface area contributed by atoms with Gasteiger partial charge in [-0.25, -0.2) is 18.5 Å². The highest BCUT2D eigenvalue weighted by molar-refractivity contribution is 7.66. The van der Waals surface area contributed by atoms with Gasteiger partial charge < -0.3 is 24.7 Å². The third-order valence-corrected chi connectivity index (χ3v) is 8.67. The Kier molecular flexibility index (Phi) is 5.74. The fourth-order valence-electron chi connectivity index (χ4n) is 3.64. The van der Waals surface area contributed by atoms with Gasteiger partial charge in [-0.3, -0.25) is 18.9 Å². The fraction of sp³-hybridized carbons (Fsp3) is 0.636. The van der Waals surface area contributed by atoms with Gasteiger partial charge in [0.15, 0.2) is 0 Å². The number of rotatable bonds is 8. The Morgan fingerprint density at radius 3 is 2.34 bits per heavy atom. The molecule has 2 fully saturated rings. The summed E-state index contributed by atoms with van der Waals surface area (Å²) in [5.74, 6) is -0.367. The first-order valence-corrected chi connectivity index (χ1v) is 12.4. The van der Waals surface area contributed by atoms with Crippen LogP contribution in [0.4, 0.5) is 0 Å². The maximum atomic E-state index is 11.9. The summed E-state index contributed by atoms with van der Waals surface area (Å²) in [4.78, 5) is 60.9. The number of hydrogen-bond donors (Lipinski definition) is 6. The molecule has 18 heteroatoms. The average Bonchev–Trinajstić information content (AvgIpc) is 3.17. The second kappa shape index (κ2) is 7.33.